The molecule has 6 nitrogen and oxygen atoms in total. The summed E-state index contributed by atoms with van der Waals surface area (Å²) in [6, 6.07) is 20.1. The van der Waals surface area contributed by atoms with E-state index in [1.165, 1.54) is 12.1 Å². The van der Waals surface area contributed by atoms with E-state index < -0.39 is 11.7 Å². The van der Waals surface area contributed by atoms with Crippen molar-refractivity contribution in [1.82, 2.24) is 15.3 Å². The highest BCUT2D eigenvalue weighted by atomic mass is 19.4. The summed E-state index contributed by atoms with van der Waals surface area (Å²) in [4.78, 5) is 24.5. The van der Waals surface area contributed by atoms with Gasteiger partial charge in [0.1, 0.15) is 5.82 Å². The molecule has 0 aliphatic heterocycles. The van der Waals surface area contributed by atoms with Gasteiger partial charge in [-0.3, -0.25) is 4.79 Å². The Hall–Kier alpha value is -4.14. The second-order valence-corrected chi connectivity index (χ2v) is 10.5. The van der Waals surface area contributed by atoms with Gasteiger partial charge in [-0.2, -0.15) is 18.2 Å². The van der Waals surface area contributed by atoms with E-state index in [2.05, 4.69) is 10.6 Å². The minimum Gasteiger partial charge on any atom is -0.362 e. The first-order chi connectivity index (χ1) is 19.2. The number of hydrogen-bond donors (Lipinski definition) is 2. The van der Waals surface area contributed by atoms with E-state index in [0.29, 0.717) is 35.1 Å². The van der Waals surface area contributed by atoms with Crippen molar-refractivity contribution in [2.24, 2.45) is 5.92 Å². The number of nitrogens with one attached hydrogen (secondary N) is 2. The molecule has 1 amide bonds. The number of benzene rings is 3. The molecule has 1 saturated carbocycles. The van der Waals surface area contributed by atoms with Crippen LogP contribution in [0.2, 0.25) is 0 Å². The van der Waals surface area contributed by atoms with Crippen molar-refractivity contribution in [2.45, 2.75) is 37.9 Å². The van der Waals surface area contributed by atoms with E-state index in [1.807, 2.05) is 43.3 Å². The Balaban J connectivity index is 1.17. The zero-order valence-corrected chi connectivity index (χ0v) is 22.5. The average Bonchev–Trinajstić information content (AvgIpc) is 2.96. The van der Waals surface area contributed by atoms with Crippen LogP contribution in [0.5, 0.6) is 0 Å². The van der Waals surface area contributed by atoms with Crippen LogP contribution in [0, 0.1) is 5.92 Å². The van der Waals surface area contributed by atoms with E-state index in [4.69, 9.17) is 9.97 Å². The van der Waals surface area contributed by atoms with Crippen LogP contribution < -0.4 is 15.5 Å². The molecule has 4 aromatic rings. The van der Waals surface area contributed by atoms with Crippen LogP contribution in [0.1, 0.15) is 41.6 Å². The number of halogens is 3. The van der Waals surface area contributed by atoms with Gasteiger partial charge in [0.15, 0.2) is 0 Å². The van der Waals surface area contributed by atoms with Gasteiger partial charge in [-0.05, 0) is 73.1 Å². The predicted molar refractivity (Wildman–Crippen MR) is 152 cm³/mol. The Kier molecular flexibility index (Phi) is 7.91. The SMILES string of the molecule is CN(C)c1nc(NC2CCC(CNC(=O)c3ccccc3-c3ccc(C(F)(F)F)cc3)CC2)nc2ccccc12. The number of carbonyl (C=O) groups excluding carboxylic acids is 1. The molecule has 208 valence electrons. The van der Waals surface area contributed by atoms with Crippen molar-refractivity contribution < 1.29 is 18.0 Å². The van der Waals surface area contributed by atoms with Crippen molar-refractivity contribution in [3.63, 3.8) is 0 Å². The molecule has 1 aliphatic rings. The Morgan fingerprint density at radius 1 is 0.900 bits per heavy atom. The highest BCUT2D eigenvalue weighted by Gasteiger charge is 2.30. The molecule has 0 bridgehead atoms. The molecule has 1 heterocycles. The Bertz CT molecular complexity index is 1480. The van der Waals surface area contributed by atoms with Crippen molar-refractivity contribution in [3.05, 3.63) is 83.9 Å². The second-order valence-electron chi connectivity index (χ2n) is 10.5. The molecule has 3 aromatic carbocycles. The second kappa shape index (κ2) is 11.5. The summed E-state index contributed by atoms with van der Waals surface area (Å²) in [5.74, 6) is 1.62. The molecular weight excluding hydrogens is 515 g/mol. The maximum atomic E-state index is 13.1. The number of anilines is 2. The molecule has 0 spiro atoms. The Morgan fingerprint density at radius 3 is 2.27 bits per heavy atom. The summed E-state index contributed by atoms with van der Waals surface area (Å²) in [5, 5.41) is 7.57. The summed E-state index contributed by atoms with van der Waals surface area (Å²) in [6.45, 7) is 0.546. The third-order valence-corrected chi connectivity index (χ3v) is 7.43. The third-order valence-electron chi connectivity index (χ3n) is 7.43. The number of amides is 1. The maximum absolute atomic E-state index is 13.1. The molecule has 1 aromatic heterocycles. The summed E-state index contributed by atoms with van der Waals surface area (Å²) in [7, 11) is 3.94. The van der Waals surface area contributed by atoms with Crippen LogP contribution in [0.4, 0.5) is 24.9 Å². The Labute approximate surface area is 231 Å². The third kappa shape index (κ3) is 6.19. The van der Waals surface area contributed by atoms with Gasteiger partial charge in [-0.15, -0.1) is 0 Å². The molecule has 9 heteroatoms. The molecule has 40 heavy (non-hydrogen) atoms. The van der Waals surface area contributed by atoms with Crippen molar-refractivity contribution >= 4 is 28.6 Å². The standard InChI is InChI=1S/C31H32F3N5O/c1-39(2)28-26-9-5-6-10-27(26)37-30(38-28)36-23-17-11-20(12-18-23)19-35-29(40)25-8-4-3-7-24(25)21-13-15-22(16-14-21)31(32,33)34/h3-10,13-16,20,23H,11-12,17-19H2,1-2H3,(H,35,40)(H,36,37,38). The molecule has 5 rings (SSSR count). The topological polar surface area (TPSA) is 70.2 Å². The normalized spacial score (nSPS) is 17.4. The lowest BCUT2D eigenvalue weighted by molar-refractivity contribution is -0.137. The molecule has 0 radical (unpaired) electrons. The quantitative estimate of drug-likeness (QED) is 0.267. The lowest BCUT2D eigenvalue weighted by Crippen LogP contribution is -2.34. The zero-order chi connectivity index (χ0) is 28.3. The van der Waals surface area contributed by atoms with E-state index in [9.17, 15) is 18.0 Å². The molecule has 0 saturated heterocycles. The molecule has 0 atom stereocenters. The van der Waals surface area contributed by atoms with Gasteiger partial charge in [-0.1, -0.05) is 42.5 Å². The first-order valence-electron chi connectivity index (χ1n) is 13.4. The zero-order valence-electron chi connectivity index (χ0n) is 22.5. The van der Waals surface area contributed by atoms with Crippen LogP contribution in [0.25, 0.3) is 22.0 Å². The van der Waals surface area contributed by atoms with Crippen LogP contribution in [0.15, 0.2) is 72.8 Å². The minimum atomic E-state index is -4.40. The lowest BCUT2D eigenvalue weighted by Gasteiger charge is -2.29. The largest absolute Gasteiger partial charge is 0.416 e. The molecule has 1 fully saturated rings. The van der Waals surface area contributed by atoms with Gasteiger partial charge in [-0.25, -0.2) is 4.98 Å². The predicted octanol–water partition coefficient (Wildman–Crippen LogP) is 6.78. The van der Waals surface area contributed by atoms with Gasteiger partial charge in [0, 0.05) is 37.6 Å². The molecule has 1 aliphatic carbocycles. The molecule has 0 unspecified atom stereocenters. The smallest absolute Gasteiger partial charge is 0.362 e. The number of carbonyl (C=O) groups is 1. The Morgan fingerprint density at radius 2 is 1.57 bits per heavy atom. The van der Waals surface area contributed by atoms with Gasteiger partial charge in [0.25, 0.3) is 5.91 Å². The van der Waals surface area contributed by atoms with Crippen LogP contribution in [-0.2, 0) is 6.18 Å². The van der Waals surface area contributed by atoms with Crippen LogP contribution in [-0.4, -0.2) is 42.6 Å². The number of fused-ring (bicyclic) bond motifs is 1. The lowest BCUT2D eigenvalue weighted by atomic mass is 9.86. The number of alkyl halides is 3. The van der Waals surface area contributed by atoms with Gasteiger partial charge in [0.05, 0.1) is 11.1 Å². The van der Waals surface area contributed by atoms with E-state index in [1.54, 1.807) is 24.3 Å². The van der Waals surface area contributed by atoms with Gasteiger partial charge in [0.2, 0.25) is 5.95 Å². The first-order valence-corrected chi connectivity index (χ1v) is 13.4. The van der Waals surface area contributed by atoms with Gasteiger partial charge < -0.3 is 15.5 Å². The number of rotatable bonds is 7. The number of aromatic nitrogens is 2. The number of nitrogens with zero attached hydrogens (tertiary/aromatic N) is 3. The van der Waals surface area contributed by atoms with Gasteiger partial charge >= 0.3 is 6.18 Å². The number of para-hydroxylation sites is 1. The van der Waals surface area contributed by atoms with Crippen molar-refractivity contribution in [1.29, 1.82) is 0 Å². The van der Waals surface area contributed by atoms with Crippen molar-refractivity contribution in [3.8, 4) is 11.1 Å². The monoisotopic (exact) mass is 547 g/mol. The minimum absolute atomic E-state index is 0.225. The molecule has 2 N–H and O–H groups in total. The van der Waals surface area contributed by atoms with E-state index in [0.717, 1.165) is 54.5 Å². The summed E-state index contributed by atoms with van der Waals surface area (Å²) < 4.78 is 38.9. The fourth-order valence-electron chi connectivity index (χ4n) is 5.26. The average molecular weight is 548 g/mol. The fourth-order valence-corrected chi connectivity index (χ4v) is 5.26. The van der Waals surface area contributed by atoms with Crippen LogP contribution in [0.3, 0.4) is 0 Å². The molecular formula is C31H32F3N5O. The van der Waals surface area contributed by atoms with E-state index in [-0.39, 0.29) is 11.9 Å². The maximum Gasteiger partial charge on any atom is 0.416 e. The van der Waals surface area contributed by atoms with E-state index >= 15 is 0 Å². The highest BCUT2D eigenvalue weighted by molar-refractivity contribution is 6.00. The summed E-state index contributed by atoms with van der Waals surface area (Å²) in [5.41, 5.74) is 1.81. The number of hydrogen-bond acceptors (Lipinski definition) is 5. The van der Waals surface area contributed by atoms with Crippen LogP contribution >= 0.6 is 0 Å². The fraction of sp³-hybridized carbons (Fsp3) is 0.323. The summed E-state index contributed by atoms with van der Waals surface area (Å²) in [6.07, 6.45) is -0.618. The van der Waals surface area contributed by atoms with Crippen molar-refractivity contribution in [2.75, 3.05) is 30.9 Å². The highest BCUT2D eigenvalue weighted by Crippen LogP contribution is 2.32. The summed E-state index contributed by atoms with van der Waals surface area (Å²) >= 11 is 0. The first kappa shape index (κ1) is 27.4.